The second-order valence-corrected chi connectivity index (χ2v) is 2.23. The molecule has 3 heteroatoms. The summed E-state index contributed by atoms with van der Waals surface area (Å²) in [4.78, 5) is 10.8. The van der Waals surface area contributed by atoms with Crippen molar-refractivity contribution in [2.45, 2.75) is 19.4 Å². The molecule has 0 bridgehead atoms. The number of ether oxygens (including phenoxy) is 1. The lowest BCUT2D eigenvalue weighted by Crippen LogP contribution is -2.33. The molecule has 0 aromatic carbocycles. The number of methoxy groups -OCH3 is 1. The largest absolute Gasteiger partial charge is 0.385 e. The first kappa shape index (κ1) is 9.59. The van der Waals surface area contributed by atoms with Gasteiger partial charge in [-0.05, 0) is 20.4 Å². The van der Waals surface area contributed by atoms with Gasteiger partial charge < -0.3 is 10.1 Å². The van der Waals surface area contributed by atoms with Gasteiger partial charge in [0.25, 0.3) is 0 Å². The van der Waals surface area contributed by atoms with Crippen LogP contribution in [-0.4, -0.2) is 32.6 Å². The minimum Gasteiger partial charge on any atom is -0.385 e. The Morgan fingerprint density at radius 2 is 2.30 bits per heavy atom. The van der Waals surface area contributed by atoms with E-state index in [0.29, 0.717) is 6.61 Å². The van der Waals surface area contributed by atoms with Crippen LogP contribution < -0.4 is 5.32 Å². The van der Waals surface area contributed by atoms with Crippen LogP contribution in [0.25, 0.3) is 0 Å². The second-order valence-electron chi connectivity index (χ2n) is 2.23. The number of carbonyl (C=O) groups excluding carboxylic acids is 1. The van der Waals surface area contributed by atoms with Crippen LogP contribution >= 0.6 is 0 Å². The number of rotatable bonds is 5. The molecule has 0 amide bonds. The summed E-state index contributed by atoms with van der Waals surface area (Å²) in [5, 5.41) is 2.91. The molecule has 60 valence electrons. The molecule has 0 fully saturated rings. The highest BCUT2D eigenvalue weighted by atomic mass is 16.5. The maximum absolute atomic E-state index is 10.8. The van der Waals surface area contributed by atoms with E-state index in [1.807, 2.05) is 0 Å². The van der Waals surface area contributed by atoms with Crippen molar-refractivity contribution >= 4 is 5.78 Å². The van der Waals surface area contributed by atoms with Gasteiger partial charge in [-0.2, -0.15) is 0 Å². The van der Waals surface area contributed by atoms with Crippen molar-refractivity contribution in [2.24, 2.45) is 0 Å². The van der Waals surface area contributed by atoms with Crippen molar-refractivity contribution in [3.63, 3.8) is 0 Å². The van der Waals surface area contributed by atoms with Gasteiger partial charge in [0.1, 0.15) is 5.78 Å². The van der Waals surface area contributed by atoms with E-state index < -0.39 is 0 Å². The normalized spacial score (nSPS) is 13.1. The third-order valence-corrected chi connectivity index (χ3v) is 1.45. The van der Waals surface area contributed by atoms with Gasteiger partial charge in [0.05, 0.1) is 6.04 Å². The van der Waals surface area contributed by atoms with E-state index in [-0.39, 0.29) is 11.8 Å². The van der Waals surface area contributed by atoms with Gasteiger partial charge in [-0.25, -0.2) is 0 Å². The van der Waals surface area contributed by atoms with Crippen LogP contribution in [0.4, 0.5) is 0 Å². The monoisotopic (exact) mass is 145 g/mol. The van der Waals surface area contributed by atoms with Gasteiger partial charge in [-0.1, -0.05) is 0 Å². The molecule has 0 aromatic heterocycles. The summed E-state index contributed by atoms with van der Waals surface area (Å²) in [7, 11) is 3.41. The minimum atomic E-state index is -0.0417. The predicted molar refractivity (Wildman–Crippen MR) is 40.0 cm³/mol. The van der Waals surface area contributed by atoms with E-state index in [1.165, 1.54) is 0 Å². The smallest absolute Gasteiger partial charge is 0.146 e. The summed E-state index contributed by atoms with van der Waals surface area (Å²) in [5.74, 6) is 0.166. The topological polar surface area (TPSA) is 38.3 Å². The molecule has 1 N–H and O–H groups in total. The molecule has 0 saturated carbocycles. The predicted octanol–water partition coefficient (Wildman–Crippen LogP) is 0.200. The van der Waals surface area contributed by atoms with E-state index in [1.54, 1.807) is 21.1 Å². The quantitative estimate of drug-likeness (QED) is 0.600. The molecular weight excluding hydrogens is 130 g/mol. The molecule has 0 aromatic rings. The maximum Gasteiger partial charge on any atom is 0.146 e. The van der Waals surface area contributed by atoms with Gasteiger partial charge in [-0.3, -0.25) is 4.79 Å². The number of carbonyl (C=O) groups is 1. The van der Waals surface area contributed by atoms with E-state index in [0.717, 1.165) is 6.42 Å². The number of nitrogens with one attached hydrogen (secondary N) is 1. The van der Waals surface area contributed by atoms with E-state index in [4.69, 9.17) is 4.74 Å². The van der Waals surface area contributed by atoms with Crippen molar-refractivity contribution in [2.75, 3.05) is 20.8 Å². The number of hydrogen-bond acceptors (Lipinski definition) is 3. The fourth-order valence-corrected chi connectivity index (χ4v) is 0.787. The average molecular weight is 145 g/mol. The summed E-state index contributed by atoms with van der Waals surface area (Å²) >= 11 is 0. The lowest BCUT2D eigenvalue weighted by atomic mass is 10.1. The van der Waals surface area contributed by atoms with Crippen LogP contribution in [0.5, 0.6) is 0 Å². The Bertz CT molecular complexity index is 104. The molecule has 0 aliphatic carbocycles. The molecule has 1 atom stereocenters. The Hall–Kier alpha value is -0.410. The Balaban J connectivity index is 3.50. The number of Topliss-reactive ketones (excluding diaryl/α,β-unsaturated/α-hetero) is 1. The van der Waals surface area contributed by atoms with Crippen molar-refractivity contribution in [3.05, 3.63) is 0 Å². The first-order chi connectivity index (χ1) is 4.72. The summed E-state index contributed by atoms with van der Waals surface area (Å²) in [6.07, 6.45) is 0.752. The molecule has 0 rings (SSSR count). The van der Waals surface area contributed by atoms with Crippen LogP contribution in [-0.2, 0) is 9.53 Å². The lowest BCUT2D eigenvalue weighted by molar-refractivity contribution is -0.119. The number of hydrogen-bond donors (Lipinski definition) is 1. The first-order valence-corrected chi connectivity index (χ1v) is 3.39. The Morgan fingerprint density at radius 1 is 1.70 bits per heavy atom. The summed E-state index contributed by atoms with van der Waals surface area (Å²) < 4.78 is 4.83. The second kappa shape index (κ2) is 5.38. The van der Waals surface area contributed by atoms with Crippen molar-refractivity contribution in [3.8, 4) is 0 Å². The number of likely N-dealkylation sites (N-methyl/N-ethyl adjacent to an activating group) is 1. The molecule has 3 nitrogen and oxygen atoms in total. The molecule has 10 heavy (non-hydrogen) atoms. The Kier molecular flexibility index (Phi) is 5.16. The van der Waals surface area contributed by atoms with Gasteiger partial charge in [0, 0.05) is 13.7 Å². The maximum atomic E-state index is 10.8. The highest BCUT2D eigenvalue weighted by molar-refractivity contribution is 5.81. The lowest BCUT2D eigenvalue weighted by Gasteiger charge is -2.10. The molecule has 0 aliphatic rings. The van der Waals surface area contributed by atoms with Gasteiger partial charge in [0.2, 0.25) is 0 Å². The molecule has 1 unspecified atom stereocenters. The molecule has 0 spiro atoms. The zero-order chi connectivity index (χ0) is 7.98. The molecule has 0 heterocycles. The van der Waals surface area contributed by atoms with Gasteiger partial charge in [-0.15, -0.1) is 0 Å². The molecule has 0 aliphatic heterocycles. The minimum absolute atomic E-state index is 0.0417. The van der Waals surface area contributed by atoms with Gasteiger partial charge in [0.15, 0.2) is 0 Å². The molecular formula is C7H15NO2. The Labute approximate surface area is 61.8 Å². The zero-order valence-corrected chi connectivity index (χ0v) is 6.81. The van der Waals surface area contributed by atoms with E-state index in [9.17, 15) is 4.79 Å². The summed E-state index contributed by atoms with van der Waals surface area (Å²) in [6.45, 7) is 2.21. The highest BCUT2D eigenvalue weighted by Crippen LogP contribution is 1.92. The highest BCUT2D eigenvalue weighted by Gasteiger charge is 2.09. The van der Waals surface area contributed by atoms with E-state index >= 15 is 0 Å². The van der Waals surface area contributed by atoms with Gasteiger partial charge >= 0.3 is 0 Å². The summed E-state index contributed by atoms with van der Waals surface area (Å²) in [5.41, 5.74) is 0. The third kappa shape index (κ3) is 3.58. The standard InChI is InChI=1S/C7H15NO2/c1-6(9)7(8-2)4-5-10-3/h7-8H,4-5H2,1-3H3. The fraction of sp³-hybridized carbons (Fsp3) is 0.857. The van der Waals surface area contributed by atoms with Crippen LogP contribution in [0.3, 0.4) is 0 Å². The van der Waals surface area contributed by atoms with Crippen LogP contribution in [0, 0.1) is 0 Å². The van der Waals surface area contributed by atoms with Crippen molar-refractivity contribution < 1.29 is 9.53 Å². The Morgan fingerprint density at radius 3 is 2.60 bits per heavy atom. The van der Waals surface area contributed by atoms with Crippen molar-refractivity contribution in [1.82, 2.24) is 5.32 Å². The van der Waals surface area contributed by atoms with Crippen molar-refractivity contribution in [1.29, 1.82) is 0 Å². The zero-order valence-electron chi connectivity index (χ0n) is 6.81. The molecule has 0 saturated heterocycles. The van der Waals surface area contributed by atoms with Crippen LogP contribution in [0.1, 0.15) is 13.3 Å². The molecule has 0 radical (unpaired) electrons. The fourth-order valence-electron chi connectivity index (χ4n) is 0.787. The third-order valence-electron chi connectivity index (χ3n) is 1.45. The first-order valence-electron chi connectivity index (χ1n) is 3.39. The van der Waals surface area contributed by atoms with Crippen LogP contribution in [0.2, 0.25) is 0 Å². The SMILES string of the molecule is CNC(CCOC)C(C)=O. The summed E-state index contributed by atoms with van der Waals surface area (Å²) in [6, 6.07) is -0.0417. The van der Waals surface area contributed by atoms with E-state index in [2.05, 4.69) is 5.32 Å². The number of ketones is 1. The average Bonchev–Trinajstić information content (AvgIpc) is 1.89. The van der Waals surface area contributed by atoms with Crippen LogP contribution in [0.15, 0.2) is 0 Å².